The molecule has 1 fully saturated rings. The van der Waals surface area contributed by atoms with Gasteiger partial charge in [-0.05, 0) is 30.3 Å². The Bertz CT molecular complexity index is 1110. The number of halogens is 4. The van der Waals surface area contributed by atoms with Crippen molar-refractivity contribution in [3.8, 4) is 11.5 Å². The fourth-order valence-corrected chi connectivity index (χ4v) is 4.13. The number of fused-ring (bicyclic) bond motifs is 1. The van der Waals surface area contributed by atoms with Gasteiger partial charge in [-0.1, -0.05) is 23.4 Å². The topological polar surface area (TPSA) is 89.0 Å². The first-order valence-electron chi connectivity index (χ1n) is 9.31. The highest BCUT2D eigenvalue weighted by molar-refractivity contribution is 8.15. The van der Waals surface area contributed by atoms with E-state index in [-0.39, 0.29) is 17.1 Å². The quantitative estimate of drug-likeness (QED) is 0.671. The predicted octanol–water partition coefficient (Wildman–Crippen LogP) is 4.38. The lowest BCUT2D eigenvalue weighted by molar-refractivity contribution is -0.137. The molecule has 32 heavy (non-hydrogen) atoms. The Balaban J connectivity index is 1.41. The lowest BCUT2D eigenvalue weighted by Gasteiger charge is -2.18. The molecule has 168 valence electrons. The maximum Gasteiger partial charge on any atom is 0.416 e. The van der Waals surface area contributed by atoms with Gasteiger partial charge in [0, 0.05) is 12.5 Å². The van der Waals surface area contributed by atoms with Crippen molar-refractivity contribution in [2.45, 2.75) is 17.8 Å². The highest BCUT2D eigenvalue weighted by Crippen LogP contribution is 2.36. The second-order valence-corrected chi connectivity index (χ2v) is 8.38. The van der Waals surface area contributed by atoms with Crippen LogP contribution in [0, 0.1) is 0 Å². The van der Waals surface area contributed by atoms with E-state index in [1.54, 1.807) is 18.2 Å². The summed E-state index contributed by atoms with van der Waals surface area (Å²) in [7, 11) is 0. The number of hydrogen-bond acceptors (Lipinski definition) is 6. The van der Waals surface area contributed by atoms with Gasteiger partial charge >= 0.3 is 6.18 Å². The Kier molecular flexibility index (Phi) is 6.20. The van der Waals surface area contributed by atoms with Crippen molar-refractivity contribution >= 4 is 51.7 Å². The smallest absolute Gasteiger partial charge is 0.416 e. The number of hydrogen-bond donors (Lipinski definition) is 2. The van der Waals surface area contributed by atoms with E-state index in [0.717, 1.165) is 30.0 Å². The zero-order valence-electron chi connectivity index (χ0n) is 16.2. The van der Waals surface area contributed by atoms with Crippen molar-refractivity contribution in [1.29, 1.82) is 0 Å². The number of carbonyl (C=O) groups is 2. The minimum atomic E-state index is -4.58. The minimum absolute atomic E-state index is 0.0456. The lowest BCUT2D eigenvalue weighted by Crippen LogP contribution is -2.28. The second-order valence-electron chi connectivity index (χ2n) is 6.79. The fourth-order valence-electron chi connectivity index (χ4n) is 2.98. The molecule has 0 spiro atoms. The number of alkyl halides is 3. The summed E-state index contributed by atoms with van der Waals surface area (Å²) in [5, 5.41) is 4.38. The van der Waals surface area contributed by atoms with Crippen LogP contribution in [0.5, 0.6) is 11.5 Å². The van der Waals surface area contributed by atoms with Crippen LogP contribution >= 0.6 is 23.4 Å². The molecule has 7 nitrogen and oxygen atoms in total. The van der Waals surface area contributed by atoms with Crippen molar-refractivity contribution < 1.29 is 32.2 Å². The molecule has 0 aliphatic carbocycles. The van der Waals surface area contributed by atoms with E-state index in [1.165, 1.54) is 0 Å². The largest absolute Gasteiger partial charge is 0.486 e. The van der Waals surface area contributed by atoms with Gasteiger partial charge in [0.15, 0.2) is 16.7 Å². The van der Waals surface area contributed by atoms with Crippen LogP contribution < -0.4 is 20.1 Å². The van der Waals surface area contributed by atoms with Gasteiger partial charge < -0.3 is 20.1 Å². The number of ether oxygens (including phenoxy) is 2. The fraction of sp³-hybridized carbons (Fsp3) is 0.250. The van der Waals surface area contributed by atoms with Gasteiger partial charge in [0.1, 0.15) is 18.5 Å². The van der Waals surface area contributed by atoms with E-state index in [4.69, 9.17) is 21.1 Å². The first kappa shape index (κ1) is 22.3. The molecule has 1 saturated heterocycles. The summed E-state index contributed by atoms with van der Waals surface area (Å²) in [4.78, 5) is 28.9. The molecule has 0 saturated carbocycles. The van der Waals surface area contributed by atoms with Gasteiger partial charge in [-0.2, -0.15) is 13.2 Å². The molecule has 0 radical (unpaired) electrons. The number of carbonyl (C=O) groups excluding carboxylic acids is 2. The summed E-state index contributed by atoms with van der Waals surface area (Å²) >= 11 is 6.94. The molecule has 4 rings (SSSR count). The Morgan fingerprint density at radius 1 is 1.19 bits per heavy atom. The number of anilines is 1. The maximum atomic E-state index is 12.9. The molecule has 0 aromatic heterocycles. The second kappa shape index (κ2) is 8.91. The Morgan fingerprint density at radius 2 is 1.94 bits per heavy atom. The highest BCUT2D eigenvalue weighted by atomic mass is 35.5. The number of rotatable bonds is 4. The van der Waals surface area contributed by atoms with Crippen molar-refractivity contribution in [3.63, 3.8) is 0 Å². The Hall–Kier alpha value is -2.92. The molecule has 2 heterocycles. The Labute approximate surface area is 189 Å². The summed E-state index contributed by atoms with van der Waals surface area (Å²) in [6.45, 7) is 0.883. The summed E-state index contributed by atoms with van der Waals surface area (Å²) in [5.41, 5.74) is -0.600. The number of amides is 2. The number of thioether (sulfide) groups is 1. The molecule has 0 bridgehead atoms. The number of benzene rings is 2. The van der Waals surface area contributed by atoms with Gasteiger partial charge in [-0.25, -0.2) is 4.99 Å². The van der Waals surface area contributed by atoms with Crippen LogP contribution in [0.2, 0.25) is 5.02 Å². The molecule has 2 N–H and O–H groups in total. The predicted molar refractivity (Wildman–Crippen MR) is 114 cm³/mol. The lowest BCUT2D eigenvalue weighted by atomic mass is 10.2. The standard InChI is InChI=1S/C20H15ClF3N3O4S/c21-12-3-1-10(20(22,23)24)7-13(12)26-17(28)9-16-18(29)27-19(32-16)25-11-2-4-14-15(8-11)31-6-5-30-14/h1-4,7-8,16H,5-6,9H2,(H,26,28)(H,25,27,29)/t16-/m0/s1. The van der Waals surface area contributed by atoms with Gasteiger partial charge in [0.2, 0.25) is 11.8 Å². The van der Waals surface area contributed by atoms with Crippen LogP contribution in [0.3, 0.4) is 0 Å². The maximum absolute atomic E-state index is 12.9. The summed E-state index contributed by atoms with van der Waals surface area (Å²) in [6.07, 6.45) is -4.85. The summed E-state index contributed by atoms with van der Waals surface area (Å²) in [6, 6.07) is 7.69. The monoisotopic (exact) mass is 485 g/mol. The molecular weight excluding hydrogens is 471 g/mol. The molecule has 1 atom stereocenters. The first-order chi connectivity index (χ1) is 15.2. The van der Waals surface area contributed by atoms with Crippen LogP contribution in [-0.4, -0.2) is 35.4 Å². The van der Waals surface area contributed by atoms with E-state index in [2.05, 4.69) is 15.6 Å². The van der Waals surface area contributed by atoms with Crippen molar-refractivity contribution in [1.82, 2.24) is 5.32 Å². The molecule has 2 aromatic carbocycles. The third kappa shape index (κ3) is 5.10. The van der Waals surface area contributed by atoms with E-state index in [1.807, 2.05) is 0 Å². The van der Waals surface area contributed by atoms with Crippen molar-refractivity contribution in [3.05, 3.63) is 47.0 Å². The number of nitrogens with zero attached hydrogens (tertiary/aromatic N) is 1. The first-order valence-corrected chi connectivity index (χ1v) is 10.6. The number of nitrogens with one attached hydrogen (secondary N) is 2. The zero-order valence-corrected chi connectivity index (χ0v) is 17.7. The third-order valence-electron chi connectivity index (χ3n) is 4.47. The van der Waals surface area contributed by atoms with E-state index < -0.39 is 28.8 Å². The van der Waals surface area contributed by atoms with Gasteiger partial charge in [-0.15, -0.1) is 0 Å². The SMILES string of the molecule is O=C(C[C@@H]1SC(=Nc2ccc3c(c2)OCCO3)NC1=O)Nc1cc(C(F)(F)F)ccc1Cl. The molecule has 0 unspecified atom stereocenters. The molecule has 12 heteroatoms. The molecular formula is C20H15ClF3N3O4S. The van der Waals surface area contributed by atoms with E-state index in [0.29, 0.717) is 35.6 Å². The number of aliphatic imine (C=N–C) groups is 1. The van der Waals surface area contributed by atoms with Gasteiger partial charge in [-0.3, -0.25) is 9.59 Å². The molecule has 2 aromatic rings. The van der Waals surface area contributed by atoms with Crippen molar-refractivity contribution in [2.75, 3.05) is 18.5 Å². The van der Waals surface area contributed by atoms with Crippen LogP contribution in [0.1, 0.15) is 12.0 Å². The van der Waals surface area contributed by atoms with Gasteiger partial charge in [0.05, 0.1) is 22.0 Å². The van der Waals surface area contributed by atoms with E-state index >= 15 is 0 Å². The molecule has 2 amide bonds. The normalized spacial score (nSPS) is 19.1. The van der Waals surface area contributed by atoms with Crippen LogP contribution in [0.4, 0.5) is 24.5 Å². The van der Waals surface area contributed by atoms with Crippen LogP contribution in [0.25, 0.3) is 0 Å². The average molecular weight is 486 g/mol. The van der Waals surface area contributed by atoms with Crippen LogP contribution in [-0.2, 0) is 15.8 Å². The van der Waals surface area contributed by atoms with Crippen LogP contribution in [0.15, 0.2) is 41.4 Å². The van der Waals surface area contributed by atoms with Crippen molar-refractivity contribution in [2.24, 2.45) is 4.99 Å². The molecule has 2 aliphatic heterocycles. The van der Waals surface area contributed by atoms with Gasteiger partial charge in [0.25, 0.3) is 0 Å². The average Bonchev–Trinajstić information content (AvgIpc) is 3.07. The summed E-state index contributed by atoms with van der Waals surface area (Å²) in [5.74, 6) is 0.0588. The third-order valence-corrected chi connectivity index (χ3v) is 5.88. The van der Waals surface area contributed by atoms with E-state index in [9.17, 15) is 22.8 Å². The molecule has 2 aliphatic rings. The highest BCUT2D eigenvalue weighted by Gasteiger charge is 2.33. The summed E-state index contributed by atoms with van der Waals surface area (Å²) < 4.78 is 49.6. The minimum Gasteiger partial charge on any atom is -0.486 e. The zero-order chi connectivity index (χ0) is 22.9. The Morgan fingerprint density at radius 3 is 2.69 bits per heavy atom. The number of amidine groups is 1.